The third-order valence-corrected chi connectivity index (χ3v) is 21.6. The highest BCUT2D eigenvalue weighted by molar-refractivity contribution is 7.26. The van der Waals surface area contributed by atoms with Gasteiger partial charge in [-0.1, -0.05) is 256 Å². The highest BCUT2D eigenvalue weighted by Crippen LogP contribution is 2.49. The lowest BCUT2D eigenvalue weighted by molar-refractivity contribution is 0.591. The quantitative estimate of drug-likeness (QED) is 0.145. The maximum atomic E-state index is 9.67. The molecule has 3 nitrogen and oxygen atoms in total. The first-order valence-electron chi connectivity index (χ1n) is 35.1. The minimum atomic E-state index is -3.86. The van der Waals surface area contributed by atoms with Gasteiger partial charge in [0.05, 0.1) is 49.7 Å². The lowest BCUT2D eigenvalue weighted by Gasteiger charge is -2.48. The fourth-order valence-corrected chi connectivity index (χ4v) is 18.6. The van der Waals surface area contributed by atoms with E-state index in [1.165, 1.54) is 0 Å². The van der Waals surface area contributed by atoms with Crippen LogP contribution in [0.5, 0.6) is 0 Å². The molecule has 12 aromatic carbocycles. The molecule has 4 heterocycles. The Labute approximate surface area is 496 Å². The van der Waals surface area contributed by atoms with E-state index in [0.717, 1.165) is 76.3 Å². The van der Waals surface area contributed by atoms with Gasteiger partial charge in [-0.3, -0.25) is 0 Å². The Kier molecular flexibility index (Phi) is 7.56. The van der Waals surface area contributed by atoms with Crippen molar-refractivity contribution in [2.45, 2.75) is 26.2 Å². The van der Waals surface area contributed by atoms with Crippen molar-refractivity contribution in [3.63, 3.8) is 0 Å². The zero-order chi connectivity index (χ0) is 67.9. The Morgan fingerprint density at radius 3 is 1.30 bits per heavy atom. The molecule has 382 valence electrons. The molecule has 0 amide bonds. The number of para-hydroxylation sites is 5. The number of aromatic nitrogens is 2. The third-order valence-electron chi connectivity index (χ3n) is 16.7. The van der Waals surface area contributed by atoms with Gasteiger partial charge in [-0.2, -0.15) is 0 Å². The van der Waals surface area contributed by atoms with E-state index < -0.39 is 117 Å². The number of fused-ring (bicyclic) bond motifs is 10. The summed E-state index contributed by atoms with van der Waals surface area (Å²) >= 11 is 0. The minimum absolute atomic E-state index is 0.00887. The third kappa shape index (κ3) is 7.01. The van der Waals surface area contributed by atoms with E-state index in [4.69, 9.17) is 11.0 Å². The molecule has 2 aromatic heterocycles. The molecule has 0 spiro atoms. The first-order valence-corrected chi connectivity index (χ1v) is 29.1. The van der Waals surface area contributed by atoms with Crippen LogP contribution in [0.25, 0.3) is 77.2 Å². The maximum Gasteiger partial charge on any atom is 0.246 e. The molecule has 0 unspecified atom stereocenters. The van der Waals surface area contributed by atoms with Gasteiger partial charge in [-0.25, -0.2) is 0 Å². The molecule has 0 saturated carbocycles. The number of nitrogens with zero attached hydrogens (tertiary/aromatic N) is 3. The van der Waals surface area contributed by atoms with E-state index >= 15 is 0 Å². The van der Waals surface area contributed by atoms with E-state index in [-0.39, 0.29) is 43.6 Å². The van der Waals surface area contributed by atoms with Crippen molar-refractivity contribution in [1.82, 2.24) is 9.13 Å². The fraction of sp³-hybridized carbons (Fsp3) is 0.0526. The highest BCUT2D eigenvalue weighted by atomic mass is 28.3. The van der Waals surface area contributed by atoms with Crippen LogP contribution in [0.15, 0.2) is 285 Å². The van der Waals surface area contributed by atoms with E-state index in [1.54, 1.807) is 9.13 Å². The van der Waals surface area contributed by atoms with Gasteiger partial charge in [0.1, 0.15) is 0 Å². The monoisotopic (exact) mass is 1070 g/mol. The van der Waals surface area contributed by atoms with Gasteiger partial charge < -0.3 is 14.0 Å². The molecule has 0 atom stereocenters. The Morgan fingerprint density at radius 1 is 0.395 bits per heavy atom. The number of hydrogen-bond acceptors (Lipinski definition) is 1. The Morgan fingerprint density at radius 2 is 0.827 bits per heavy atom. The van der Waals surface area contributed by atoms with E-state index in [1.807, 2.05) is 97.1 Å². The molecule has 81 heavy (non-hydrogen) atoms. The second kappa shape index (κ2) is 18.2. The number of benzene rings is 12. The fourth-order valence-electron chi connectivity index (χ4n) is 13.2. The van der Waals surface area contributed by atoms with Crippen LogP contribution < -0.4 is 42.0 Å². The Bertz CT molecular complexity index is 5530. The highest BCUT2D eigenvalue weighted by Gasteiger charge is 2.54. The summed E-state index contributed by atoms with van der Waals surface area (Å²) in [6.45, 7) is 5.92. The molecule has 16 rings (SSSR count). The molecule has 0 radical (unpaired) electrons. The molecular formula is C76H56BN3Si. The summed E-state index contributed by atoms with van der Waals surface area (Å²) in [7, 11) is -3.86. The molecule has 0 N–H and O–H groups in total. The van der Waals surface area contributed by atoms with Crippen molar-refractivity contribution in [3.05, 3.63) is 290 Å². The van der Waals surface area contributed by atoms with Gasteiger partial charge in [0.25, 0.3) is 0 Å². The van der Waals surface area contributed by atoms with Gasteiger partial charge >= 0.3 is 0 Å². The summed E-state index contributed by atoms with van der Waals surface area (Å²) in [5.41, 5.74) is 9.64. The SMILES string of the molecule is [2H]c1c([2H])c([2H])c2c(c1[2H])c1c([2H])c([2H])c([2H])c([2H])c1n2-c1ccc2c(c1)N(c1c(-c3ccccc3)cccc1-c1ccccc1)c1cc(C(C)(C)C)cc3c1B2c1ccc(-n2c4c([2H])c([2H])c([2H])c([2H])c4c4c([2H])c([2H])c([2H])c([2H])c42)cc1[Si]3(c1ccccc1)c1ccccc1. The number of hydrogen-bond donors (Lipinski definition) is 0. The van der Waals surface area contributed by atoms with E-state index in [0.29, 0.717) is 17.1 Å². The Hall–Kier alpha value is -9.68. The van der Waals surface area contributed by atoms with Crippen LogP contribution in [0, 0.1) is 0 Å². The van der Waals surface area contributed by atoms with E-state index in [2.05, 4.69) is 117 Å². The number of rotatable bonds is 7. The lowest BCUT2D eigenvalue weighted by atomic mass is 9.34. The first-order chi connectivity index (χ1) is 46.5. The Balaban J connectivity index is 1.13. The molecule has 5 heteroatoms. The minimum Gasteiger partial charge on any atom is -0.310 e. The molecule has 0 aliphatic carbocycles. The first kappa shape index (κ1) is 33.7. The molecular weight excluding hydrogens is 994 g/mol. The van der Waals surface area contributed by atoms with Crippen LogP contribution in [0.1, 0.15) is 48.3 Å². The predicted octanol–water partition coefficient (Wildman–Crippen LogP) is 14.5. The van der Waals surface area contributed by atoms with Crippen molar-refractivity contribution in [1.29, 1.82) is 0 Å². The second-order valence-electron chi connectivity index (χ2n) is 22.0. The van der Waals surface area contributed by atoms with Crippen LogP contribution in [0.4, 0.5) is 17.1 Å². The summed E-state index contributed by atoms with van der Waals surface area (Å²) in [6, 6.07) is 56.2. The molecule has 0 bridgehead atoms. The van der Waals surface area contributed by atoms with Crippen molar-refractivity contribution in [2.24, 2.45) is 0 Å². The lowest BCUT2D eigenvalue weighted by Crippen LogP contribution is -2.87. The summed E-state index contributed by atoms with van der Waals surface area (Å²) in [4.78, 5) is 2.33. The van der Waals surface area contributed by atoms with Crippen molar-refractivity contribution >= 4 is 113 Å². The largest absolute Gasteiger partial charge is 0.310 e. The second-order valence-corrected chi connectivity index (χ2v) is 25.7. The zero-order valence-corrected chi connectivity index (χ0v) is 45.3. The zero-order valence-electron chi connectivity index (χ0n) is 60.3. The summed E-state index contributed by atoms with van der Waals surface area (Å²) < 4.78 is 152. The molecule has 0 fully saturated rings. The van der Waals surface area contributed by atoms with Gasteiger partial charge in [0.2, 0.25) is 6.71 Å². The average Bonchev–Trinajstić information content (AvgIpc) is 1.30. The molecule has 2 aliphatic heterocycles. The van der Waals surface area contributed by atoms with Gasteiger partial charge in [-0.15, -0.1) is 0 Å². The van der Waals surface area contributed by atoms with Crippen LogP contribution in [0.3, 0.4) is 0 Å². The maximum absolute atomic E-state index is 9.67. The van der Waals surface area contributed by atoms with Crippen LogP contribution in [-0.2, 0) is 5.41 Å². The van der Waals surface area contributed by atoms with Crippen molar-refractivity contribution < 1.29 is 21.9 Å². The van der Waals surface area contributed by atoms with Gasteiger partial charge in [0.15, 0.2) is 8.07 Å². The summed E-state index contributed by atoms with van der Waals surface area (Å²) in [6.07, 6.45) is 0. The van der Waals surface area contributed by atoms with Gasteiger partial charge in [-0.05, 0) is 108 Å². The van der Waals surface area contributed by atoms with Gasteiger partial charge in [0, 0.05) is 55.4 Å². The molecule has 14 aromatic rings. The average molecular weight is 1070 g/mol. The van der Waals surface area contributed by atoms with Crippen LogP contribution in [-0.4, -0.2) is 23.9 Å². The summed E-state index contributed by atoms with van der Waals surface area (Å²) in [5.74, 6) is 0. The smallest absolute Gasteiger partial charge is 0.246 e. The van der Waals surface area contributed by atoms with Crippen molar-refractivity contribution in [2.75, 3.05) is 4.90 Å². The molecule has 0 saturated heterocycles. The number of anilines is 3. The topological polar surface area (TPSA) is 13.1 Å². The van der Waals surface area contributed by atoms with Crippen LogP contribution in [0.2, 0.25) is 0 Å². The normalized spacial score (nSPS) is 16.2. The summed E-state index contributed by atoms with van der Waals surface area (Å²) in [5, 5.41) is 3.78. The standard InChI is InChI=1S/C76H56BN3Si/c1-76(2,3)53-47-71-74-73(48-53)81(56-29-12-6-13-30-56,57-31-14-7-15-32-57)72-50-55(79-68-41-22-18-35-62(68)63-36-19-23-42-69(63)79)44-46-65(72)77(74)64-45-43-54(78-66-39-20-16-33-60(66)61-34-17-21-40-67(61)78)49-70(64)80(71)75-58(51-25-8-4-9-26-51)37-24-38-59(75)52-27-10-5-11-28-52/h4-50H,1-3H3/i16D,17D,18D,19D,20D,21D,22D,23D,33D,34D,35D,36D,39D,40D,41D,42D. The predicted molar refractivity (Wildman–Crippen MR) is 348 cm³/mol. The van der Waals surface area contributed by atoms with E-state index in [9.17, 15) is 11.0 Å². The van der Waals surface area contributed by atoms with Crippen LogP contribution >= 0.6 is 0 Å². The molecule has 2 aliphatic rings. The van der Waals surface area contributed by atoms with Crippen molar-refractivity contribution in [3.8, 4) is 33.6 Å².